The molecule has 0 bridgehead atoms. The number of rotatable bonds is 6. The number of hydrogen-bond donors (Lipinski definition) is 2. The smallest absolute Gasteiger partial charge is 0.408 e. The molecule has 1 atom stereocenters. The number of carbonyl (C=O) groups is 3. The van der Waals surface area contributed by atoms with Gasteiger partial charge in [-0.15, -0.1) is 0 Å². The third-order valence-electron chi connectivity index (χ3n) is 5.94. The van der Waals surface area contributed by atoms with Gasteiger partial charge in [0.05, 0.1) is 0 Å². The number of benzene rings is 1. The molecule has 2 N–H and O–H groups in total. The molecule has 1 saturated carbocycles. The monoisotopic (exact) mass is 532 g/mol. The van der Waals surface area contributed by atoms with E-state index in [2.05, 4.69) is 10.6 Å². The van der Waals surface area contributed by atoms with Crippen LogP contribution in [0.25, 0.3) is 0 Å². The lowest BCUT2D eigenvalue weighted by molar-refractivity contribution is -0.140. The lowest BCUT2D eigenvalue weighted by atomic mass is 9.87. The Balaban J connectivity index is 2.26. The predicted octanol–water partition coefficient (Wildman–Crippen LogP) is 5.79. The van der Waals surface area contributed by atoms with E-state index in [-0.39, 0.29) is 12.5 Å². The fourth-order valence-electron chi connectivity index (χ4n) is 4.01. The summed E-state index contributed by atoms with van der Waals surface area (Å²) in [5.41, 5.74) is -3.40. The number of alkyl carbamates (subject to hydrolysis) is 1. The van der Waals surface area contributed by atoms with E-state index in [4.69, 9.17) is 9.47 Å². The van der Waals surface area contributed by atoms with Crippen LogP contribution in [0, 0.1) is 34.6 Å². The van der Waals surface area contributed by atoms with Crippen molar-refractivity contribution in [1.29, 1.82) is 0 Å². The third kappa shape index (κ3) is 8.33. The molecule has 1 aliphatic carbocycles. The molecule has 1 aliphatic rings. The van der Waals surface area contributed by atoms with Crippen molar-refractivity contribution in [3.63, 3.8) is 0 Å². The van der Waals surface area contributed by atoms with Gasteiger partial charge in [-0.2, -0.15) is 8.78 Å². The highest BCUT2D eigenvalue weighted by molar-refractivity contribution is 5.95. The summed E-state index contributed by atoms with van der Waals surface area (Å²) in [5, 5.41) is 4.60. The largest absolute Gasteiger partial charge is 0.444 e. The normalized spacial score (nSPS) is 15.9. The molecule has 37 heavy (non-hydrogen) atoms. The summed E-state index contributed by atoms with van der Waals surface area (Å²) in [6.07, 6.45) is 4.70. The second-order valence-corrected chi connectivity index (χ2v) is 11.4. The van der Waals surface area contributed by atoms with Crippen LogP contribution in [0.1, 0.15) is 90.4 Å². The fraction of sp³-hybridized carbons (Fsp3) is 0.654. The van der Waals surface area contributed by atoms with Gasteiger partial charge >= 0.3 is 12.1 Å². The highest BCUT2D eigenvalue weighted by Crippen LogP contribution is 2.32. The molecule has 1 fully saturated rings. The van der Waals surface area contributed by atoms with Crippen molar-refractivity contribution in [3.05, 3.63) is 28.8 Å². The van der Waals surface area contributed by atoms with E-state index in [1.165, 1.54) is 20.8 Å². The van der Waals surface area contributed by atoms with Gasteiger partial charge in [-0.25, -0.2) is 18.4 Å². The molecule has 0 aromatic heterocycles. The second kappa shape index (κ2) is 12.1. The Hall–Kier alpha value is -2.85. The van der Waals surface area contributed by atoms with Crippen molar-refractivity contribution in [2.45, 2.75) is 91.7 Å². The first-order chi connectivity index (χ1) is 17.0. The van der Waals surface area contributed by atoms with E-state index >= 15 is 0 Å². The molecule has 0 saturated heterocycles. The van der Waals surface area contributed by atoms with Crippen molar-refractivity contribution in [2.75, 3.05) is 6.54 Å². The average molecular weight is 533 g/mol. The summed E-state index contributed by atoms with van der Waals surface area (Å²) in [6, 6.07) is -1.50. The zero-order valence-electron chi connectivity index (χ0n) is 22.2. The van der Waals surface area contributed by atoms with Crippen molar-refractivity contribution >= 4 is 18.0 Å². The minimum absolute atomic E-state index is 0.0966. The minimum Gasteiger partial charge on any atom is -0.444 e. The molecular formula is C26H36F4N2O5. The van der Waals surface area contributed by atoms with Crippen molar-refractivity contribution in [1.82, 2.24) is 10.6 Å². The van der Waals surface area contributed by atoms with E-state index in [9.17, 15) is 31.9 Å². The van der Waals surface area contributed by atoms with Crippen LogP contribution in [0.2, 0.25) is 0 Å². The van der Waals surface area contributed by atoms with E-state index in [0.717, 1.165) is 38.5 Å². The van der Waals surface area contributed by atoms with Crippen molar-refractivity contribution < 1.29 is 41.4 Å². The topological polar surface area (TPSA) is 93.7 Å². The van der Waals surface area contributed by atoms with Gasteiger partial charge in [0.2, 0.25) is 17.4 Å². The lowest BCUT2D eigenvalue weighted by Gasteiger charge is -2.30. The summed E-state index contributed by atoms with van der Waals surface area (Å²) < 4.78 is 68.8. The Bertz CT molecular complexity index is 981. The maximum absolute atomic E-state index is 14.8. The van der Waals surface area contributed by atoms with Crippen molar-refractivity contribution in [2.24, 2.45) is 11.3 Å². The first kappa shape index (κ1) is 30.4. The molecule has 1 aromatic rings. The molecule has 0 heterocycles. The van der Waals surface area contributed by atoms with Crippen LogP contribution >= 0.6 is 0 Å². The second-order valence-electron chi connectivity index (χ2n) is 11.4. The van der Waals surface area contributed by atoms with E-state index in [1.807, 2.05) is 0 Å². The minimum atomic E-state index is -2.04. The molecule has 1 aromatic carbocycles. The van der Waals surface area contributed by atoms with Crippen LogP contribution in [-0.2, 0) is 9.53 Å². The Kier molecular flexibility index (Phi) is 9.96. The highest BCUT2D eigenvalue weighted by Gasteiger charge is 2.38. The summed E-state index contributed by atoms with van der Waals surface area (Å²) in [4.78, 5) is 37.4. The highest BCUT2D eigenvalue weighted by atomic mass is 19.2. The van der Waals surface area contributed by atoms with Crippen LogP contribution < -0.4 is 15.4 Å². The van der Waals surface area contributed by atoms with E-state index in [0.29, 0.717) is 0 Å². The molecule has 208 valence electrons. The summed E-state index contributed by atoms with van der Waals surface area (Å²) >= 11 is 0. The Labute approximate surface area is 214 Å². The van der Waals surface area contributed by atoms with Gasteiger partial charge in [-0.1, -0.05) is 46.5 Å². The van der Waals surface area contributed by atoms with Gasteiger partial charge < -0.3 is 20.1 Å². The average Bonchev–Trinajstić information content (AvgIpc) is 3.04. The lowest BCUT2D eigenvalue weighted by Crippen LogP contribution is -2.52. The van der Waals surface area contributed by atoms with Gasteiger partial charge in [0.25, 0.3) is 5.91 Å². The molecule has 0 aliphatic heterocycles. The molecular weight excluding hydrogens is 496 g/mol. The first-order valence-electron chi connectivity index (χ1n) is 12.4. The van der Waals surface area contributed by atoms with Gasteiger partial charge in [-0.05, 0) is 44.9 Å². The quantitative estimate of drug-likeness (QED) is 0.159. The summed E-state index contributed by atoms with van der Waals surface area (Å²) in [7, 11) is 0. The Morgan fingerprint density at radius 3 is 1.84 bits per heavy atom. The van der Waals surface area contributed by atoms with E-state index < -0.39 is 69.6 Å². The standard InChI is InChI=1S/C26H36F4N2O5/c1-25(2,3)21(32-24(35)37-26(4,5)6)23(34)36-20-18(29)16(27)15(17(28)19(20)30)22(33)31-13-14-11-9-7-8-10-12-14/h14,21H,7-13H2,1-6H3,(H,31,33)(H,32,35)/t21-/m1/s1. The molecule has 2 amide bonds. The van der Waals surface area contributed by atoms with Crippen molar-refractivity contribution in [3.8, 4) is 5.75 Å². The van der Waals surface area contributed by atoms with Crippen LogP contribution in [0.3, 0.4) is 0 Å². The third-order valence-corrected chi connectivity index (χ3v) is 5.94. The Morgan fingerprint density at radius 2 is 1.38 bits per heavy atom. The van der Waals surface area contributed by atoms with Gasteiger partial charge in [0.1, 0.15) is 17.2 Å². The number of carbonyl (C=O) groups excluding carboxylic acids is 3. The van der Waals surface area contributed by atoms with E-state index in [1.54, 1.807) is 20.8 Å². The first-order valence-corrected chi connectivity index (χ1v) is 12.4. The number of amides is 2. The van der Waals surface area contributed by atoms with Gasteiger partial charge in [0.15, 0.2) is 11.6 Å². The zero-order valence-corrected chi connectivity index (χ0v) is 22.2. The fourth-order valence-corrected chi connectivity index (χ4v) is 4.01. The maximum atomic E-state index is 14.8. The number of ether oxygens (including phenoxy) is 2. The summed E-state index contributed by atoms with van der Waals surface area (Å²) in [5.74, 6) is -12.3. The van der Waals surface area contributed by atoms with Gasteiger partial charge in [-0.3, -0.25) is 4.79 Å². The molecule has 2 rings (SSSR count). The molecule has 0 spiro atoms. The summed E-state index contributed by atoms with van der Waals surface area (Å²) in [6.45, 7) is 9.43. The number of halogens is 4. The molecule has 7 nitrogen and oxygen atoms in total. The molecule has 0 radical (unpaired) electrons. The maximum Gasteiger partial charge on any atom is 0.408 e. The predicted molar refractivity (Wildman–Crippen MR) is 128 cm³/mol. The number of nitrogens with one attached hydrogen (secondary N) is 2. The SMILES string of the molecule is CC(C)(C)OC(=O)N[C@H](C(=O)Oc1c(F)c(F)c(C(=O)NCC2CCCCCC2)c(F)c1F)C(C)(C)C. The van der Waals surface area contributed by atoms with Crippen LogP contribution in [0.5, 0.6) is 5.75 Å². The Morgan fingerprint density at radius 1 is 0.865 bits per heavy atom. The number of hydrogen-bond acceptors (Lipinski definition) is 5. The molecule has 11 heteroatoms. The number of esters is 1. The van der Waals surface area contributed by atoms with Gasteiger partial charge in [0, 0.05) is 6.54 Å². The zero-order chi connectivity index (χ0) is 28.1. The molecule has 0 unspecified atom stereocenters. The van der Waals surface area contributed by atoms with Crippen LogP contribution in [0.4, 0.5) is 22.4 Å². The van der Waals surface area contributed by atoms with Crippen LogP contribution in [0.15, 0.2) is 0 Å². The van der Waals surface area contributed by atoms with Crippen LogP contribution in [-0.4, -0.2) is 36.2 Å².